The standard InChI is InChI=1S/C13H24N4O/c1-10(2)6-13-15-12(16-18-13)9-17-5-3-4-11(7-14)8-17/h10-11H,3-9,14H2,1-2H3. The molecule has 5 heteroatoms. The lowest BCUT2D eigenvalue weighted by atomic mass is 9.98. The second-order valence-corrected chi connectivity index (χ2v) is 5.68. The highest BCUT2D eigenvalue weighted by molar-refractivity contribution is 4.88. The molecule has 2 N–H and O–H groups in total. The fourth-order valence-corrected chi connectivity index (χ4v) is 2.47. The van der Waals surface area contributed by atoms with Gasteiger partial charge in [-0.05, 0) is 37.8 Å². The molecule has 0 aromatic carbocycles. The quantitative estimate of drug-likeness (QED) is 0.858. The van der Waals surface area contributed by atoms with Crippen molar-refractivity contribution in [3.8, 4) is 0 Å². The van der Waals surface area contributed by atoms with E-state index in [1.807, 2.05) is 0 Å². The summed E-state index contributed by atoms with van der Waals surface area (Å²) in [4.78, 5) is 6.82. The van der Waals surface area contributed by atoms with Gasteiger partial charge in [0, 0.05) is 13.0 Å². The molecule has 1 aliphatic heterocycles. The van der Waals surface area contributed by atoms with Crippen LogP contribution in [0.2, 0.25) is 0 Å². The SMILES string of the molecule is CC(C)Cc1nc(CN2CCCC(CN)C2)no1. The zero-order valence-corrected chi connectivity index (χ0v) is 11.4. The highest BCUT2D eigenvalue weighted by atomic mass is 16.5. The summed E-state index contributed by atoms with van der Waals surface area (Å²) in [5.74, 6) is 2.74. The van der Waals surface area contributed by atoms with Crippen molar-refractivity contribution in [2.24, 2.45) is 17.6 Å². The highest BCUT2D eigenvalue weighted by Crippen LogP contribution is 2.17. The molecule has 1 fully saturated rings. The number of hydrogen-bond donors (Lipinski definition) is 1. The first-order chi connectivity index (χ1) is 8.67. The van der Waals surface area contributed by atoms with Gasteiger partial charge in [0.15, 0.2) is 5.82 Å². The molecule has 5 nitrogen and oxygen atoms in total. The molecule has 1 aliphatic rings. The van der Waals surface area contributed by atoms with Crippen LogP contribution < -0.4 is 5.73 Å². The number of rotatable bonds is 5. The van der Waals surface area contributed by atoms with E-state index in [4.69, 9.17) is 10.3 Å². The Morgan fingerprint density at radius 2 is 2.33 bits per heavy atom. The smallest absolute Gasteiger partial charge is 0.226 e. The molecule has 0 saturated carbocycles. The van der Waals surface area contributed by atoms with E-state index in [-0.39, 0.29) is 0 Å². The third-order valence-electron chi connectivity index (χ3n) is 3.39. The number of hydrogen-bond acceptors (Lipinski definition) is 5. The first kappa shape index (κ1) is 13.5. The van der Waals surface area contributed by atoms with Gasteiger partial charge in [-0.2, -0.15) is 4.98 Å². The van der Waals surface area contributed by atoms with Gasteiger partial charge in [0.25, 0.3) is 0 Å². The molecule has 0 aliphatic carbocycles. The van der Waals surface area contributed by atoms with Crippen LogP contribution in [-0.4, -0.2) is 34.7 Å². The lowest BCUT2D eigenvalue weighted by molar-refractivity contribution is 0.166. The predicted molar refractivity (Wildman–Crippen MR) is 69.9 cm³/mol. The Labute approximate surface area is 109 Å². The molecule has 1 saturated heterocycles. The monoisotopic (exact) mass is 252 g/mol. The number of nitrogens with zero attached hydrogens (tertiary/aromatic N) is 3. The van der Waals surface area contributed by atoms with Crippen molar-refractivity contribution >= 4 is 0 Å². The van der Waals surface area contributed by atoms with Gasteiger partial charge in [-0.25, -0.2) is 0 Å². The molecule has 2 rings (SSSR count). The third-order valence-corrected chi connectivity index (χ3v) is 3.39. The molecule has 1 atom stereocenters. The van der Waals surface area contributed by atoms with Crippen molar-refractivity contribution in [2.45, 2.75) is 39.7 Å². The lowest BCUT2D eigenvalue weighted by Gasteiger charge is -2.30. The van der Waals surface area contributed by atoms with Gasteiger partial charge < -0.3 is 10.3 Å². The average molecular weight is 252 g/mol. The Kier molecular flexibility index (Phi) is 4.72. The Morgan fingerprint density at radius 3 is 3.06 bits per heavy atom. The summed E-state index contributed by atoms with van der Waals surface area (Å²) in [6.45, 7) is 8.05. The fourth-order valence-electron chi connectivity index (χ4n) is 2.47. The van der Waals surface area contributed by atoms with Crippen LogP contribution in [0.4, 0.5) is 0 Å². The second-order valence-electron chi connectivity index (χ2n) is 5.68. The van der Waals surface area contributed by atoms with Crippen molar-refractivity contribution < 1.29 is 4.52 Å². The van der Waals surface area contributed by atoms with Crippen LogP contribution in [0.15, 0.2) is 4.52 Å². The van der Waals surface area contributed by atoms with Crippen molar-refractivity contribution in [2.75, 3.05) is 19.6 Å². The zero-order chi connectivity index (χ0) is 13.0. The van der Waals surface area contributed by atoms with E-state index >= 15 is 0 Å². The lowest BCUT2D eigenvalue weighted by Crippen LogP contribution is -2.38. The molecule has 0 bridgehead atoms. The van der Waals surface area contributed by atoms with Gasteiger partial charge >= 0.3 is 0 Å². The minimum atomic E-state index is 0.551. The summed E-state index contributed by atoms with van der Waals surface area (Å²) in [5, 5.41) is 4.06. The van der Waals surface area contributed by atoms with Gasteiger partial charge in [-0.1, -0.05) is 19.0 Å². The van der Waals surface area contributed by atoms with Gasteiger partial charge in [0.05, 0.1) is 6.54 Å². The number of piperidine rings is 1. The van der Waals surface area contributed by atoms with Crippen LogP contribution in [-0.2, 0) is 13.0 Å². The minimum Gasteiger partial charge on any atom is -0.339 e. The molecule has 18 heavy (non-hydrogen) atoms. The molecule has 1 unspecified atom stereocenters. The van der Waals surface area contributed by atoms with Gasteiger partial charge in [-0.3, -0.25) is 4.90 Å². The molecule has 0 spiro atoms. The molecule has 0 radical (unpaired) electrons. The first-order valence-corrected chi connectivity index (χ1v) is 6.91. The minimum absolute atomic E-state index is 0.551. The Bertz CT molecular complexity index is 364. The summed E-state index contributed by atoms with van der Waals surface area (Å²) in [6.07, 6.45) is 3.33. The summed E-state index contributed by atoms with van der Waals surface area (Å²) in [5.41, 5.74) is 5.74. The van der Waals surface area contributed by atoms with E-state index in [1.54, 1.807) is 0 Å². The van der Waals surface area contributed by atoms with E-state index < -0.39 is 0 Å². The summed E-state index contributed by atoms with van der Waals surface area (Å²) in [6, 6.07) is 0. The maximum Gasteiger partial charge on any atom is 0.226 e. The van der Waals surface area contributed by atoms with Crippen molar-refractivity contribution in [1.29, 1.82) is 0 Å². The maximum absolute atomic E-state index is 5.74. The van der Waals surface area contributed by atoms with Crippen LogP contribution in [0.25, 0.3) is 0 Å². The van der Waals surface area contributed by atoms with Gasteiger partial charge in [0.1, 0.15) is 0 Å². The van der Waals surface area contributed by atoms with Crippen molar-refractivity contribution in [3.63, 3.8) is 0 Å². The summed E-state index contributed by atoms with van der Waals surface area (Å²) in [7, 11) is 0. The number of aromatic nitrogens is 2. The fraction of sp³-hybridized carbons (Fsp3) is 0.846. The first-order valence-electron chi connectivity index (χ1n) is 6.91. The van der Waals surface area contributed by atoms with Crippen LogP contribution in [0.3, 0.4) is 0 Å². The van der Waals surface area contributed by atoms with E-state index in [0.717, 1.165) is 44.3 Å². The molecule has 1 aromatic heterocycles. The second kappa shape index (κ2) is 6.29. The van der Waals surface area contributed by atoms with Crippen LogP contribution in [0, 0.1) is 11.8 Å². The van der Waals surface area contributed by atoms with Crippen molar-refractivity contribution in [3.05, 3.63) is 11.7 Å². The number of nitrogens with two attached hydrogens (primary N) is 1. The van der Waals surface area contributed by atoms with Crippen LogP contribution >= 0.6 is 0 Å². The molecular weight excluding hydrogens is 228 g/mol. The number of likely N-dealkylation sites (tertiary alicyclic amines) is 1. The van der Waals surface area contributed by atoms with Gasteiger partial charge in [0.2, 0.25) is 5.89 Å². The van der Waals surface area contributed by atoms with E-state index in [9.17, 15) is 0 Å². The molecule has 2 heterocycles. The van der Waals surface area contributed by atoms with E-state index in [0.29, 0.717) is 11.8 Å². The molecular formula is C13H24N4O. The van der Waals surface area contributed by atoms with Crippen LogP contribution in [0.5, 0.6) is 0 Å². The third kappa shape index (κ3) is 3.78. The predicted octanol–water partition coefficient (Wildman–Crippen LogP) is 1.44. The van der Waals surface area contributed by atoms with Crippen LogP contribution in [0.1, 0.15) is 38.4 Å². The van der Waals surface area contributed by atoms with Gasteiger partial charge in [-0.15, -0.1) is 0 Å². The Morgan fingerprint density at radius 1 is 1.50 bits per heavy atom. The molecule has 102 valence electrons. The van der Waals surface area contributed by atoms with E-state index in [2.05, 4.69) is 28.9 Å². The Hall–Kier alpha value is -0.940. The maximum atomic E-state index is 5.74. The normalized spacial score (nSPS) is 21.7. The topological polar surface area (TPSA) is 68.2 Å². The largest absolute Gasteiger partial charge is 0.339 e. The molecule has 1 aromatic rings. The zero-order valence-electron chi connectivity index (χ0n) is 11.4. The summed E-state index contributed by atoms with van der Waals surface area (Å²) < 4.78 is 5.26. The summed E-state index contributed by atoms with van der Waals surface area (Å²) >= 11 is 0. The highest BCUT2D eigenvalue weighted by Gasteiger charge is 2.20. The molecule has 0 amide bonds. The average Bonchev–Trinajstić information content (AvgIpc) is 2.76. The van der Waals surface area contributed by atoms with E-state index in [1.165, 1.54) is 12.8 Å². The van der Waals surface area contributed by atoms with Crippen molar-refractivity contribution in [1.82, 2.24) is 15.0 Å². The Balaban J connectivity index is 1.86.